The zero-order valence-corrected chi connectivity index (χ0v) is 9.15. The van der Waals surface area contributed by atoms with Crippen LogP contribution in [0.4, 0.5) is 0 Å². The predicted octanol–water partition coefficient (Wildman–Crippen LogP) is 0.480. The Balaban J connectivity index is 1.94. The van der Waals surface area contributed by atoms with Crippen molar-refractivity contribution in [2.45, 2.75) is 0 Å². The van der Waals surface area contributed by atoms with Gasteiger partial charge in [-0.3, -0.25) is 9.69 Å². The Labute approximate surface area is 94.9 Å². The number of ketones is 1. The summed E-state index contributed by atoms with van der Waals surface area (Å²) >= 11 is 0. The van der Waals surface area contributed by atoms with Crippen molar-refractivity contribution in [1.29, 1.82) is 0 Å². The lowest BCUT2D eigenvalue weighted by atomic mass is 10.1. The first-order valence-electron chi connectivity index (χ1n) is 5.51. The second-order valence-electron chi connectivity index (χ2n) is 4.00. The molecule has 0 saturated carbocycles. The molecule has 0 atom stereocenters. The number of phenolic OH excluding ortho intramolecular Hbond substituents is 1. The van der Waals surface area contributed by atoms with Gasteiger partial charge in [0, 0.05) is 31.7 Å². The number of hydrogen-bond acceptors (Lipinski definition) is 4. The molecular weight excluding hydrogens is 204 g/mol. The third-order valence-corrected chi connectivity index (χ3v) is 2.77. The summed E-state index contributed by atoms with van der Waals surface area (Å²) in [5.74, 6) is 0.306. The molecule has 1 aromatic carbocycles. The molecule has 4 nitrogen and oxygen atoms in total. The molecule has 1 aromatic rings. The second-order valence-corrected chi connectivity index (χ2v) is 4.00. The number of rotatable bonds is 3. The fourth-order valence-corrected chi connectivity index (χ4v) is 1.81. The first-order chi connectivity index (χ1) is 7.75. The maximum absolute atomic E-state index is 11.9. The first-order valence-corrected chi connectivity index (χ1v) is 5.51. The number of carbonyl (C=O) groups excluding carboxylic acids is 1. The normalized spacial score (nSPS) is 17.2. The average Bonchev–Trinajstić information content (AvgIpc) is 2.31. The van der Waals surface area contributed by atoms with Gasteiger partial charge in [0.2, 0.25) is 0 Å². The molecule has 0 amide bonds. The second kappa shape index (κ2) is 5.09. The lowest BCUT2D eigenvalue weighted by Crippen LogP contribution is -2.45. The Hall–Kier alpha value is -1.39. The number of piperazine rings is 1. The average molecular weight is 220 g/mol. The van der Waals surface area contributed by atoms with Crippen molar-refractivity contribution < 1.29 is 9.90 Å². The highest BCUT2D eigenvalue weighted by atomic mass is 16.3. The molecule has 2 rings (SSSR count). The van der Waals surface area contributed by atoms with E-state index in [0.29, 0.717) is 12.1 Å². The van der Waals surface area contributed by atoms with E-state index in [1.54, 1.807) is 24.3 Å². The van der Waals surface area contributed by atoms with Crippen LogP contribution in [0.5, 0.6) is 5.75 Å². The summed E-state index contributed by atoms with van der Waals surface area (Å²) in [7, 11) is 0. The summed E-state index contributed by atoms with van der Waals surface area (Å²) in [6, 6.07) is 6.43. The lowest BCUT2D eigenvalue weighted by molar-refractivity contribution is 0.0921. The van der Waals surface area contributed by atoms with Crippen molar-refractivity contribution in [3.05, 3.63) is 29.8 Å². The SMILES string of the molecule is O=C(CN1CCNCC1)c1ccc(O)cc1. The van der Waals surface area contributed by atoms with Gasteiger partial charge in [0.1, 0.15) is 5.75 Å². The minimum Gasteiger partial charge on any atom is -0.508 e. The van der Waals surface area contributed by atoms with Crippen LogP contribution in [0, 0.1) is 0 Å². The molecule has 0 aromatic heterocycles. The largest absolute Gasteiger partial charge is 0.508 e. The maximum atomic E-state index is 11.9. The lowest BCUT2D eigenvalue weighted by Gasteiger charge is -2.26. The molecule has 86 valence electrons. The van der Waals surface area contributed by atoms with E-state index in [1.807, 2.05) is 0 Å². The number of phenols is 1. The molecule has 0 aliphatic carbocycles. The van der Waals surface area contributed by atoms with Crippen molar-refractivity contribution >= 4 is 5.78 Å². The topological polar surface area (TPSA) is 52.6 Å². The summed E-state index contributed by atoms with van der Waals surface area (Å²) in [5.41, 5.74) is 0.663. The van der Waals surface area contributed by atoms with Crippen LogP contribution in [-0.2, 0) is 0 Å². The minimum atomic E-state index is 0.113. The van der Waals surface area contributed by atoms with Gasteiger partial charge in [-0.15, -0.1) is 0 Å². The van der Waals surface area contributed by atoms with Gasteiger partial charge in [-0.25, -0.2) is 0 Å². The Kier molecular flexibility index (Phi) is 3.54. The highest BCUT2D eigenvalue weighted by molar-refractivity contribution is 5.97. The van der Waals surface area contributed by atoms with Gasteiger partial charge in [0.15, 0.2) is 5.78 Å². The molecule has 0 unspecified atom stereocenters. The van der Waals surface area contributed by atoms with Gasteiger partial charge in [-0.2, -0.15) is 0 Å². The van der Waals surface area contributed by atoms with E-state index >= 15 is 0 Å². The van der Waals surface area contributed by atoms with Gasteiger partial charge in [0.05, 0.1) is 6.54 Å². The molecule has 0 bridgehead atoms. The van der Waals surface area contributed by atoms with E-state index in [4.69, 9.17) is 5.11 Å². The zero-order chi connectivity index (χ0) is 11.4. The zero-order valence-electron chi connectivity index (χ0n) is 9.15. The highest BCUT2D eigenvalue weighted by Gasteiger charge is 2.14. The summed E-state index contributed by atoms with van der Waals surface area (Å²) < 4.78 is 0. The maximum Gasteiger partial charge on any atom is 0.176 e. The van der Waals surface area contributed by atoms with E-state index in [9.17, 15) is 4.79 Å². The Morgan fingerprint density at radius 3 is 2.50 bits per heavy atom. The first kappa shape index (κ1) is 11.1. The number of Topliss-reactive ketones (excluding diaryl/α,β-unsaturated/α-hetero) is 1. The van der Waals surface area contributed by atoms with Crippen LogP contribution in [0.2, 0.25) is 0 Å². The molecule has 4 heteroatoms. The summed E-state index contributed by atoms with van der Waals surface area (Å²) in [4.78, 5) is 14.0. The van der Waals surface area contributed by atoms with E-state index < -0.39 is 0 Å². The van der Waals surface area contributed by atoms with Crippen LogP contribution in [0.1, 0.15) is 10.4 Å². The Morgan fingerprint density at radius 1 is 1.25 bits per heavy atom. The smallest absolute Gasteiger partial charge is 0.176 e. The van der Waals surface area contributed by atoms with Crippen LogP contribution in [0.3, 0.4) is 0 Å². The molecule has 2 N–H and O–H groups in total. The molecule has 0 radical (unpaired) electrons. The van der Waals surface area contributed by atoms with E-state index in [1.165, 1.54) is 0 Å². The number of carbonyl (C=O) groups is 1. The number of nitrogens with one attached hydrogen (secondary N) is 1. The molecule has 0 spiro atoms. The molecule has 1 fully saturated rings. The fourth-order valence-electron chi connectivity index (χ4n) is 1.81. The van der Waals surface area contributed by atoms with Gasteiger partial charge in [-0.05, 0) is 24.3 Å². The number of benzene rings is 1. The molecule has 1 saturated heterocycles. The van der Waals surface area contributed by atoms with Crippen LogP contribution in [-0.4, -0.2) is 48.5 Å². The van der Waals surface area contributed by atoms with Crippen molar-refractivity contribution in [1.82, 2.24) is 10.2 Å². The number of aromatic hydroxyl groups is 1. The van der Waals surface area contributed by atoms with E-state index in [-0.39, 0.29) is 11.5 Å². The monoisotopic (exact) mass is 220 g/mol. The molecule has 1 aliphatic rings. The molecule has 1 aliphatic heterocycles. The highest BCUT2D eigenvalue weighted by Crippen LogP contribution is 2.10. The summed E-state index contributed by atoms with van der Waals surface area (Å²) in [6.45, 7) is 4.20. The van der Waals surface area contributed by atoms with Gasteiger partial charge < -0.3 is 10.4 Å². The van der Waals surface area contributed by atoms with Gasteiger partial charge in [-0.1, -0.05) is 0 Å². The van der Waals surface area contributed by atoms with E-state index in [0.717, 1.165) is 26.2 Å². The van der Waals surface area contributed by atoms with Gasteiger partial charge in [0.25, 0.3) is 0 Å². The van der Waals surface area contributed by atoms with Crippen LogP contribution < -0.4 is 5.32 Å². The van der Waals surface area contributed by atoms with Crippen molar-refractivity contribution in [3.8, 4) is 5.75 Å². The Morgan fingerprint density at radius 2 is 1.88 bits per heavy atom. The number of nitrogens with zero attached hydrogens (tertiary/aromatic N) is 1. The Bertz CT molecular complexity index is 356. The quantitative estimate of drug-likeness (QED) is 0.727. The van der Waals surface area contributed by atoms with Crippen LogP contribution in [0.25, 0.3) is 0 Å². The predicted molar refractivity (Wildman–Crippen MR) is 61.7 cm³/mol. The van der Waals surface area contributed by atoms with Gasteiger partial charge >= 0.3 is 0 Å². The van der Waals surface area contributed by atoms with Crippen molar-refractivity contribution in [3.63, 3.8) is 0 Å². The van der Waals surface area contributed by atoms with Crippen molar-refractivity contribution in [2.24, 2.45) is 0 Å². The number of hydrogen-bond donors (Lipinski definition) is 2. The molecular formula is C12H16N2O2. The van der Waals surface area contributed by atoms with Crippen LogP contribution >= 0.6 is 0 Å². The van der Waals surface area contributed by atoms with Crippen LogP contribution in [0.15, 0.2) is 24.3 Å². The molecule has 1 heterocycles. The summed E-state index contributed by atoms with van der Waals surface area (Å²) in [5, 5.41) is 12.4. The third-order valence-electron chi connectivity index (χ3n) is 2.77. The third kappa shape index (κ3) is 2.81. The standard InChI is InChI=1S/C12H16N2O2/c15-11-3-1-10(2-4-11)12(16)9-14-7-5-13-6-8-14/h1-4,13,15H,5-9H2. The fraction of sp³-hybridized carbons (Fsp3) is 0.417. The summed E-state index contributed by atoms with van der Waals surface area (Å²) in [6.07, 6.45) is 0. The minimum absolute atomic E-state index is 0.113. The van der Waals surface area contributed by atoms with E-state index in [2.05, 4.69) is 10.2 Å². The van der Waals surface area contributed by atoms with Crippen molar-refractivity contribution in [2.75, 3.05) is 32.7 Å². The molecule has 16 heavy (non-hydrogen) atoms.